The molecule has 0 fully saturated rings. The molecule has 1 rings (SSSR count). The lowest BCUT2D eigenvalue weighted by Gasteiger charge is -2.16. The molecule has 0 radical (unpaired) electrons. The molecule has 0 spiro atoms. The highest BCUT2D eigenvalue weighted by molar-refractivity contribution is 6.31. The molecule has 1 unspecified atom stereocenters. The number of nitrogens with one attached hydrogen (secondary N) is 1. The van der Waals surface area contributed by atoms with Crippen LogP contribution in [0, 0.1) is 6.92 Å². The number of halogens is 4. The highest BCUT2D eigenvalue weighted by atomic mass is 35.5. The third-order valence-electron chi connectivity index (χ3n) is 2.48. The minimum Gasteiger partial charge on any atom is -0.380 e. The molecule has 0 saturated carbocycles. The Balaban J connectivity index is 2.44. The zero-order valence-electron chi connectivity index (χ0n) is 10.3. The van der Waals surface area contributed by atoms with E-state index in [4.69, 9.17) is 11.6 Å². The highest BCUT2D eigenvalue weighted by Crippen LogP contribution is 2.24. The summed E-state index contributed by atoms with van der Waals surface area (Å²) in [4.78, 5) is 3.97. The Labute approximate surface area is 110 Å². The van der Waals surface area contributed by atoms with Crippen molar-refractivity contribution in [3.8, 4) is 0 Å². The first-order valence-corrected chi connectivity index (χ1v) is 6.11. The standard InChI is InChI=1S/C12H16ClF3N2/c1-8-6-10(11(13)17-7-8)18-9(2)4-3-5-12(14,15)16/h6-7,9,18H,3-5H2,1-2H3. The van der Waals surface area contributed by atoms with Crippen LogP contribution in [-0.4, -0.2) is 17.2 Å². The Morgan fingerprint density at radius 1 is 1.44 bits per heavy atom. The van der Waals surface area contributed by atoms with Gasteiger partial charge in [0.1, 0.15) is 0 Å². The van der Waals surface area contributed by atoms with Gasteiger partial charge in [0.05, 0.1) is 5.69 Å². The number of aryl methyl sites for hydroxylation is 1. The number of rotatable bonds is 5. The first-order valence-electron chi connectivity index (χ1n) is 5.73. The van der Waals surface area contributed by atoms with E-state index < -0.39 is 12.6 Å². The van der Waals surface area contributed by atoms with Crippen LogP contribution in [0.15, 0.2) is 12.3 Å². The van der Waals surface area contributed by atoms with Crippen molar-refractivity contribution < 1.29 is 13.2 Å². The summed E-state index contributed by atoms with van der Waals surface area (Å²) in [6.45, 7) is 3.71. The summed E-state index contributed by atoms with van der Waals surface area (Å²) in [6.07, 6.45) is -2.65. The summed E-state index contributed by atoms with van der Waals surface area (Å²) in [6, 6.07) is 1.75. The smallest absolute Gasteiger partial charge is 0.380 e. The van der Waals surface area contributed by atoms with Crippen LogP contribution in [0.3, 0.4) is 0 Å². The number of anilines is 1. The first kappa shape index (κ1) is 15.1. The average molecular weight is 281 g/mol. The van der Waals surface area contributed by atoms with E-state index >= 15 is 0 Å². The van der Waals surface area contributed by atoms with Crippen LogP contribution in [0.25, 0.3) is 0 Å². The van der Waals surface area contributed by atoms with Crippen molar-refractivity contribution in [3.63, 3.8) is 0 Å². The van der Waals surface area contributed by atoms with Crippen LogP contribution in [0.4, 0.5) is 18.9 Å². The second-order valence-corrected chi connectivity index (χ2v) is 4.76. The third-order valence-corrected chi connectivity index (χ3v) is 2.78. The minimum atomic E-state index is -4.08. The van der Waals surface area contributed by atoms with Gasteiger partial charge in [0.25, 0.3) is 0 Å². The molecule has 6 heteroatoms. The van der Waals surface area contributed by atoms with Crippen molar-refractivity contribution in [2.75, 3.05) is 5.32 Å². The molecule has 0 aromatic carbocycles. The lowest BCUT2D eigenvalue weighted by atomic mass is 10.1. The number of aromatic nitrogens is 1. The molecule has 2 nitrogen and oxygen atoms in total. The van der Waals surface area contributed by atoms with Crippen molar-refractivity contribution in [2.45, 2.75) is 45.3 Å². The molecular weight excluding hydrogens is 265 g/mol. The topological polar surface area (TPSA) is 24.9 Å². The van der Waals surface area contributed by atoms with Crippen molar-refractivity contribution in [1.29, 1.82) is 0 Å². The third kappa shape index (κ3) is 5.58. The summed E-state index contributed by atoms with van der Waals surface area (Å²) in [7, 11) is 0. The van der Waals surface area contributed by atoms with Crippen LogP contribution in [-0.2, 0) is 0 Å². The summed E-state index contributed by atoms with van der Waals surface area (Å²) in [5.74, 6) is 0. The molecule has 1 aromatic heterocycles. The average Bonchev–Trinajstić information content (AvgIpc) is 2.21. The van der Waals surface area contributed by atoms with E-state index in [1.54, 1.807) is 6.20 Å². The van der Waals surface area contributed by atoms with Crippen LogP contribution in [0.5, 0.6) is 0 Å². The van der Waals surface area contributed by atoms with Gasteiger partial charge in [-0.2, -0.15) is 13.2 Å². The number of pyridine rings is 1. The van der Waals surface area contributed by atoms with E-state index in [0.717, 1.165) is 5.56 Å². The van der Waals surface area contributed by atoms with Crippen molar-refractivity contribution >= 4 is 17.3 Å². The molecule has 0 amide bonds. The second kappa shape index (κ2) is 6.27. The predicted molar refractivity (Wildman–Crippen MR) is 67.0 cm³/mol. The number of alkyl halides is 3. The molecule has 1 heterocycles. The van der Waals surface area contributed by atoms with Crippen LogP contribution in [0.1, 0.15) is 31.7 Å². The maximum absolute atomic E-state index is 12.0. The van der Waals surface area contributed by atoms with E-state index in [9.17, 15) is 13.2 Å². The van der Waals surface area contributed by atoms with Gasteiger partial charge in [-0.25, -0.2) is 4.98 Å². The van der Waals surface area contributed by atoms with Gasteiger partial charge < -0.3 is 5.32 Å². The molecule has 1 aromatic rings. The maximum Gasteiger partial charge on any atom is 0.389 e. The number of nitrogens with zero attached hydrogens (tertiary/aromatic N) is 1. The van der Waals surface area contributed by atoms with Gasteiger partial charge in [0, 0.05) is 18.7 Å². The highest BCUT2D eigenvalue weighted by Gasteiger charge is 2.26. The molecule has 1 atom stereocenters. The lowest BCUT2D eigenvalue weighted by molar-refractivity contribution is -0.135. The second-order valence-electron chi connectivity index (χ2n) is 4.40. The molecule has 0 bridgehead atoms. The summed E-state index contributed by atoms with van der Waals surface area (Å²) < 4.78 is 36.0. The van der Waals surface area contributed by atoms with Gasteiger partial charge in [0.2, 0.25) is 0 Å². The Morgan fingerprint density at radius 2 is 2.11 bits per heavy atom. The van der Waals surface area contributed by atoms with Gasteiger partial charge in [0.15, 0.2) is 5.15 Å². The molecule has 0 aliphatic heterocycles. The zero-order valence-corrected chi connectivity index (χ0v) is 11.1. The minimum absolute atomic E-state index is 0.0755. The monoisotopic (exact) mass is 280 g/mol. The van der Waals surface area contributed by atoms with Crippen LogP contribution < -0.4 is 5.32 Å². The lowest BCUT2D eigenvalue weighted by Crippen LogP contribution is -2.17. The summed E-state index contributed by atoms with van der Waals surface area (Å²) in [5.41, 5.74) is 1.61. The summed E-state index contributed by atoms with van der Waals surface area (Å²) in [5, 5.41) is 3.41. The number of hydrogen-bond acceptors (Lipinski definition) is 2. The maximum atomic E-state index is 12.0. The molecule has 0 saturated heterocycles. The fourth-order valence-corrected chi connectivity index (χ4v) is 1.76. The van der Waals surface area contributed by atoms with E-state index in [2.05, 4.69) is 10.3 Å². The fraction of sp³-hybridized carbons (Fsp3) is 0.583. The van der Waals surface area contributed by atoms with Crippen LogP contribution in [0.2, 0.25) is 5.15 Å². The predicted octanol–water partition coefficient (Wildman–Crippen LogP) is 4.58. The van der Waals surface area contributed by atoms with Crippen molar-refractivity contribution in [2.24, 2.45) is 0 Å². The Bertz CT molecular complexity index is 393. The Hall–Kier alpha value is -0.970. The molecule has 0 aliphatic carbocycles. The Morgan fingerprint density at radius 3 is 2.72 bits per heavy atom. The molecule has 18 heavy (non-hydrogen) atoms. The fourth-order valence-electron chi connectivity index (χ4n) is 1.60. The number of hydrogen-bond donors (Lipinski definition) is 1. The molecular formula is C12H16ClF3N2. The van der Waals surface area contributed by atoms with Crippen LogP contribution >= 0.6 is 11.6 Å². The van der Waals surface area contributed by atoms with E-state index in [0.29, 0.717) is 17.3 Å². The van der Waals surface area contributed by atoms with E-state index in [1.807, 2.05) is 19.9 Å². The van der Waals surface area contributed by atoms with E-state index in [1.165, 1.54) is 0 Å². The van der Waals surface area contributed by atoms with Crippen molar-refractivity contribution in [3.05, 3.63) is 23.0 Å². The molecule has 0 aliphatic rings. The van der Waals surface area contributed by atoms with Crippen molar-refractivity contribution in [1.82, 2.24) is 4.98 Å². The van der Waals surface area contributed by atoms with Gasteiger partial charge >= 0.3 is 6.18 Å². The normalized spacial score (nSPS) is 13.4. The summed E-state index contributed by atoms with van der Waals surface area (Å²) >= 11 is 5.89. The van der Waals surface area contributed by atoms with Gasteiger partial charge in [-0.05, 0) is 38.3 Å². The molecule has 102 valence electrons. The first-order chi connectivity index (χ1) is 8.28. The quantitative estimate of drug-likeness (QED) is 0.799. The molecule has 1 N–H and O–H groups in total. The largest absolute Gasteiger partial charge is 0.389 e. The van der Waals surface area contributed by atoms with Gasteiger partial charge in [-0.3, -0.25) is 0 Å². The van der Waals surface area contributed by atoms with Gasteiger partial charge in [-0.15, -0.1) is 0 Å². The van der Waals surface area contributed by atoms with Gasteiger partial charge in [-0.1, -0.05) is 11.6 Å². The zero-order chi connectivity index (χ0) is 13.8. The Kier molecular flexibility index (Phi) is 5.26. The SMILES string of the molecule is Cc1cnc(Cl)c(NC(C)CCCC(F)(F)F)c1. The van der Waals surface area contributed by atoms with E-state index in [-0.39, 0.29) is 12.5 Å².